The third-order valence-corrected chi connectivity index (χ3v) is 5.04. The normalized spacial score (nSPS) is 21.6. The van der Waals surface area contributed by atoms with Gasteiger partial charge in [0.2, 0.25) is 0 Å². The second-order valence-corrected chi connectivity index (χ2v) is 7.09. The van der Waals surface area contributed by atoms with E-state index in [4.69, 9.17) is 0 Å². The average Bonchev–Trinajstić information content (AvgIpc) is 2.90. The predicted octanol–water partition coefficient (Wildman–Crippen LogP) is 4.22. The van der Waals surface area contributed by atoms with E-state index in [2.05, 4.69) is 71.3 Å². The Morgan fingerprint density at radius 2 is 2.00 bits per heavy atom. The molecule has 1 aromatic rings. The summed E-state index contributed by atoms with van der Waals surface area (Å²) in [6, 6.07) is 9.94. The molecule has 3 heteroatoms. The molecule has 1 heterocycles. The van der Waals surface area contributed by atoms with Crippen LogP contribution < -0.4 is 5.32 Å². The fraction of sp³-hybridized carbons (Fsp3) is 0.647. The van der Waals surface area contributed by atoms with Crippen LogP contribution in [0.1, 0.15) is 44.7 Å². The topological polar surface area (TPSA) is 15.3 Å². The van der Waals surface area contributed by atoms with Crippen molar-refractivity contribution in [2.75, 3.05) is 20.1 Å². The van der Waals surface area contributed by atoms with Crippen molar-refractivity contribution in [2.24, 2.45) is 5.92 Å². The second-order valence-electron chi connectivity index (χ2n) is 6.17. The number of nitrogens with one attached hydrogen (secondary N) is 1. The van der Waals surface area contributed by atoms with Gasteiger partial charge in [0.15, 0.2) is 0 Å². The van der Waals surface area contributed by atoms with Gasteiger partial charge < -0.3 is 10.2 Å². The molecule has 1 aromatic carbocycles. The van der Waals surface area contributed by atoms with Crippen molar-refractivity contribution in [3.63, 3.8) is 0 Å². The summed E-state index contributed by atoms with van der Waals surface area (Å²) in [6.07, 6.45) is 3.92. The molecule has 112 valence electrons. The van der Waals surface area contributed by atoms with Crippen molar-refractivity contribution in [3.8, 4) is 0 Å². The number of rotatable bonds is 6. The van der Waals surface area contributed by atoms with Gasteiger partial charge in [0.1, 0.15) is 0 Å². The quantitative estimate of drug-likeness (QED) is 0.835. The molecule has 0 saturated carbocycles. The maximum absolute atomic E-state index is 3.50. The first-order valence-corrected chi connectivity index (χ1v) is 8.58. The maximum atomic E-state index is 3.50. The largest absolute Gasteiger partial charge is 0.313 e. The molecule has 0 spiro atoms. The molecule has 0 aromatic heterocycles. The molecule has 2 atom stereocenters. The highest BCUT2D eigenvalue weighted by Gasteiger charge is 2.27. The minimum atomic E-state index is 0.455. The zero-order valence-corrected chi connectivity index (χ0v) is 14.5. The van der Waals surface area contributed by atoms with Crippen LogP contribution in [0.4, 0.5) is 0 Å². The lowest BCUT2D eigenvalue weighted by atomic mass is 10.0. The Balaban J connectivity index is 1.92. The van der Waals surface area contributed by atoms with Gasteiger partial charge >= 0.3 is 0 Å². The number of hydrogen-bond donors (Lipinski definition) is 1. The molecule has 1 saturated heterocycles. The zero-order chi connectivity index (χ0) is 14.5. The molecular formula is C17H27BrN2. The molecule has 2 unspecified atom stereocenters. The average molecular weight is 339 g/mol. The van der Waals surface area contributed by atoms with Gasteiger partial charge in [-0.1, -0.05) is 41.9 Å². The van der Waals surface area contributed by atoms with E-state index in [-0.39, 0.29) is 0 Å². The zero-order valence-electron chi connectivity index (χ0n) is 12.9. The Morgan fingerprint density at radius 3 is 2.60 bits per heavy atom. The molecule has 1 N–H and O–H groups in total. The molecule has 1 fully saturated rings. The summed E-state index contributed by atoms with van der Waals surface area (Å²) in [4.78, 5) is 2.69. The molecule has 0 radical (unpaired) electrons. The Kier molecular flexibility index (Phi) is 6.06. The second kappa shape index (κ2) is 7.58. The van der Waals surface area contributed by atoms with Crippen LogP contribution in [-0.4, -0.2) is 31.1 Å². The highest BCUT2D eigenvalue weighted by atomic mass is 79.9. The first-order chi connectivity index (χ1) is 9.61. The van der Waals surface area contributed by atoms with Gasteiger partial charge in [-0.05, 0) is 56.5 Å². The lowest BCUT2D eigenvalue weighted by molar-refractivity contribution is 0.197. The van der Waals surface area contributed by atoms with Gasteiger partial charge in [-0.2, -0.15) is 0 Å². The van der Waals surface area contributed by atoms with Crippen LogP contribution >= 0.6 is 15.9 Å². The van der Waals surface area contributed by atoms with Crippen molar-refractivity contribution < 1.29 is 0 Å². The van der Waals surface area contributed by atoms with Crippen LogP contribution in [0, 0.1) is 5.92 Å². The minimum Gasteiger partial charge on any atom is -0.313 e. The first kappa shape index (κ1) is 16.0. The van der Waals surface area contributed by atoms with Crippen LogP contribution in [0.3, 0.4) is 0 Å². The summed E-state index contributed by atoms with van der Waals surface area (Å²) in [5, 5.41) is 3.46. The lowest BCUT2D eigenvalue weighted by Crippen LogP contribution is -2.35. The molecule has 2 rings (SSSR count). The van der Waals surface area contributed by atoms with E-state index in [1.807, 2.05) is 0 Å². The van der Waals surface area contributed by atoms with Crippen molar-refractivity contribution >= 4 is 15.9 Å². The van der Waals surface area contributed by atoms with E-state index in [1.165, 1.54) is 37.9 Å². The van der Waals surface area contributed by atoms with Crippen molar-refractivity contribution in [1.29, 1.82) is 0 Å². The highest BCUT2D eigenvalue weighted by molar-refractivity contribution is 9.10. The summed E-state index contributed by atoms with van der Waals surface area (Å²) in [7, 11) is 2.07. The smallest absolute Gasteiger partial charge is 0.0329 e. The number of halogens is 1. The third kappa shape index (κ3) is 4.06. The van der Waals surface area contributed by atoms with Crippen LogP contribution in [0.2, 0.25) is 0 Å². The molecular weight excluding hydrogens is 312 g/mol. The third-order valence-electron chi connectivity index (χ3n) is 4.51. The Hall–Kier alpha value is -0.380. The number of benzene rings is 1. The summed E-state index contributed by atoms with van der Waals surface area (Å²) < 4.78 is 1.15. The van der Waals surface area contributed by atoms with Crippen LogP contribution in [0.25, 0.3) is 0 Å². The molecule has 1 aliphatic rings. The van der Waals surface area contributed by atoms with Gasteiger partial charge in [-0.25, -0.2) is 0 Å². The van der Waals surface area contributed by atoms with Gasteiger partial charge in [-0.3, -0.25) is 0 Å². The van der Waals surface area contributed by atoms with E-state index in [9.17, 15) is 0 Å². The van der Waals surface area contributed by atoms with E-state index in [0.717, 1.165) is 16.4 Å². The van der Waals surface area contributed by atoms with Gasteiger partial charge in [-0.15, -0.1) is 0 Å². The SMILES string of the molecule is CNC(CCN1CCCC1C(C)C)c1ccc(Br)cc1. The minimum absolute atomic E-state index is 0.455. The summed E-state index contributed by atoms with van der Waals surface area (Å²) in [5.41, 5.74) is 1.39. The van der Waals surface area contributed by atoms with Crippen molar-refractivity contribution in [3.05, 3.63) is 34.3 Å². The summed E-state index contributed by atoms with van der Waals surface area (Å²) in [5.74, 6) is 0.776. The lowest BCUT2D eigenvalue weighted by Gasteiger charge is -2.29. The monoisotopic (exact) mass is 338 g/mol. The molecule has 0 amide bonds. The van der Waals surface area contributed by atoms with Crippen molar-refractivity contribution in [2.45, 2.75) is 45.2 Å². The fourth-order valence-electron chi connectivity index (χ4n) is 3.35. The van der Waals surface area contributed by atoms with E-state index in [1.54, 1.807) is 0 Å². The molecule has 0 aliphatic carbocycles. The van der Waals surface area contributed by atoms with E-state index < -0.39 is 0 Å². The summed E-state index contributed by atoms with van der Waals surface area (Å²) in [6.45, 7) is 7.19. The maximum Gasteiger partial charge on any atom is 0.0329 e. The van der Waals surface area contributed by atoms with E-state index >= 15 is 0 Å². The fourth-order valence-corrected chi connectivity index (χ4v) is 3.62. The molecule has 1 aliphatic heterocycles. The Bertz CT molecular complexity index is 402. The first-order valence-electron chi connectivity index (χ1n) is 7.78. The predicted molar refractivity (Wildman–Crippen MR) is 90.0 cm³/mol. The van der Waals surface area contributed by atoms with Gasteiger partial charge in [0, 0.05) is 23.1 Å². The number of hydrogen-bond acceptors (Lipinski definition) is 2. The van der Waals surface area contributed by atoms with Crippen LogP contribution in [-0.2, 0) is 0 Å². The van der Waals surface area contributed by atoms with Gasteiger partial charge in [0.05, 0.1) is 0 Å². The summed E-state index contributed by atoms with van der Waals surface area (Å²) >= 11 is 3.50. The number of likely N-dealkylation sites (tertiary alicyclic amines) is 1. The standard InChI is InChI=1S/C17H27BrN2/c1-13(2)17-5-4-11-20(17)12-10-16(19-3)14-6-8-15(18)9-7-14/h6-9,13,16-17,19H,4-5,10-12H2,1-3H3. The Labute approximate surface area is 132 Å². The van der Waals surface area contributed by atoms with Crippen LogP contribution in [0.5, 0.6) is 0 Å². The molecule has 2 nitrogen and oxygen atoms in total. The Morgan fingerprint density at radius 1 is 1.30 bits per heavy atom. The van der Waals surface area contributed by atoms with E-state index in [0.29, 0.717) is 6.04 Å². The molecule has 20 heavy (non-hydrogen) atoms. The van der Waals surface area contributed by atoms with Crippen LogP contribution in [0.15, 0.2) is 28.7 Å². The van der Waals surface area contributed by atoms with Crippen molar-refractivity contribution in [1.82, 2.24) is 10.2 Å². The molecule has 0 bridgehead atoms. The highest BCUT2D eigenvalue weighted by Crippen LogP contribution is 2.26. The van der Waals surface area contributed by atoms with Gasteiger partial charge in [0.25, 0.3) is 0 Å². The number of nitrogens with zero attached hydrogens (tertiary/aromatic N) is 1.